The van der Waals surface area contributed by atoms with Crippen LogP contribution in [0.5, 0.6) is 0 Å². The topological polar surface area (TPSA) is 185 Å². The lowest BCUT2D eigenvalue weighted by molar-refractivity contribution is -0.525. The van der Waals surface area contributed by atoms with Gasteiger partial charge >= 0.3 is 6.09 Å². The third-order valence-electron chi connectivity index (χ3n) is 3.84. The molecule has 1 heterocycles. The molecule has 1 aromatic rings. The van der Waals surface area contributed by atoms with E-state index in [1.54, 1.807) is 26.2 Å². The van der Waals surface area contributed by atoms with Gasteiger partial charge in [0.15, 0.2) is 10.7 Å². The molecule has 0 aromatic carbocycles. The highest BCUT2D eigenvalue weighted by Gasteiger charge is 2.25. The van der Waals surface area contributed by atoms with Crippen LogP contribution in [0.25, 0.3) is 0 Å². The van der Waals surface area contributed by atoms with E-state index in [1.165, 1.54) is 6.26 Å². The molecular formula is C19H33N7O6. The van der Waals surface area contributed by atoms with Crippen LogP contribution < -0.4 is 21.4 Å². The number of nitro groups is 1. The minimum Gasteiger partial charge on any atom is -0.446 e. The van der Waals surface area contributed by atoms with Crippen LogP contribution in [0, 0.1) is 21.4 Å². The molecule has 0 aliphatic rings. The largest absolute Gasteiger partial charge is 0.446 e. The zero-order valence-corrected chi connectivity index (χ0v) is 19.1. The summed E-state index contributed by atoms with van der Waals surface area (Å²) in [4.78, 5) is 38.8. The lowest BCUT2D eigenvalue weighted by Gasteiger charge is -2.23. The summed E-state index contributed by atoms with van der Waals surface area (Å²) in [7, 11) is 0. The highest BCUT2D eigenvalue weighted by molar-refractivity contribution is 5.91. The van der Waals surface area contributed by atoms with Crippen LogP contribution >= 0.6 is 0 Å². The maximum absolute atomic E-state index is 12.3. The smallest absolute Gasteiger partial charge is 0.408 e. The van der Waals surface area contributed by atoms with Crippen molar-refractivity contribution in [3.8, 4) is 0 Å². The molecule has 1 atom stereocenters. The Morgan fingerprint density at radius 2 is 1.88 bits per heavy atom. The summed E-state index contributed by atoms with van der Waals surface area (Å²) < 4.78 is 10.7. The van der Waals surface area contributed by atoms with Crippen LogP contribution in [0.15, 0.2) is 10.7 Å². The van der Waals surface area contributed by atoms with E-state index >= 15 is 0 Å². The van der Waals surface area contributed by atoms with E-state index in [9.17, 15) is 19.7 Å². The minimum absolute atomic E-state index is 0.0924. The van der Waals surface area contributed by atoms with E-state index in [0.29, 0.717) is 32.4 Å². The number of carbonyl (C=O) groups is 2. The molecule has 1 aromatic heterocycles. The van der Waals surface area contributed by atoms with Gasteiger partial charge in [-0.25, -0.2) is 19.9 Å². The van der Waals surface area contributed by atoms with Gasteiger partial charge in [-0.1, -0.05) is 19.3 Å². The van der Waals surface area contributed by atoms with Gasteiger partial charge in [-0.05, 0) is 46.0 Å². The van der Waals surface area contributed by atoms with Crippen molar-refractivity contribution in [3.05, 3.63) is 28.0 Å². The van der Waals surface area contributed by atoms with Gasteiger partial charge < -0.3 is 25.1 Å². The first-order valence-electron chi connectivity index (χ1n) is 10.3. The predicted octanol–water partition coefficient (Wildman–Crippen LogP) is 2.10. The van der Waals surface area contributed by atoms with Crippen molar-refractivity contribution in [2.75, 3.05) is 13.1 Å². The molecule has 0 unspecified atom stereocenters. The van der Waals surface area contributed by atoms with Crippen LogP contribution in [0.1, 0.15) is 76.3 Å². The molecule has 1 rings (SSSR count). The summed E-state index contributed by atoms with van der Waals surface area (Å²) in [6.45, 7) is 9.97. The number of rotatable bonds is 11. The number of oxazole rings is 1. The second-order valence-corrected chi connectivity index (χ2v) is 8.53. The molecule has 0 aliphatic heterocycles. The first-order valence-corrected chi connectivity index (χ1v) is 10.3. The third kappa shape index (κ3) is 11.1. The number of carbonyl (C=O) groups excluding carboxylic acids is 2. The number of aromatic nitrogens is 1. The summed E-state index contributed by atoms with van der Waals surface area (Å²) in [5.41, 5.74) is 1.14. The number of nitrogens with one attached hydrogen (secondary N) is 5. The number of hydrogen-bond acceptors (Lipinski definition) is 8. The first-order chi connectivity index (χ1) is 14.9. The SMILES string of the molecule is CC(C)C[C@H](NC(=O)OC(C)(C)C)c1nc(C(=O)NCCCCNC(=N)N[N+](=O)[O-])co1. The lowest BCUT2D eigenvalue weighted by atomic mass is 10.0. The Bertz CT molecular complexity index is 787. The molecule has 0 aliphatic carbocycles. The van der Waals surface area contributed by atoms with Gasteiger partial charge in [0.25, 0.3) is 11.9 Å². The van der Waals surface area contributed by atoms with Gasteiger partial charge in [0.05, 0.1) is 0 Å². The number of hydrazine groups is 1. The summed E-state index contributed by atoms with van der Waals surface area (Å²) >= 11 is 0. The summed E-state index contributed by atoms with van der Waals surface area (Å²) in [5, 5.41) is 24.6. The average Bonchev–Trinajstić information content (AvgIpc) is 3.11. The van der Waals surface area contributed by atoms with Gasteiger partial charge in [0.2, 0.25) is 5.89 Å². The Morgan fingerprint density at radius 1 is 1.25 bits per heavy atom. The predicted molar refractivity (Wildman–Crippen MR) is 115 cm³/mol. The van der Waals surface area contributed by atoms with E-state index in [-0.39, 0.29) is 17.5 Å². The van der Waals surface area contributed by atoms with E-state index < -0.39 is 34.6 Å². The maximum Gasteiger partial charge on any atom is 0.408 e. The van der Waals surface area contributed by atoms with Gasteiger partial charge in [-0.3, -0.25) is 10.2 Å². The first kappa shape index (κ1) is 26.7. The molecule has 0 bridgehead atoms. The van der Waals surface area contributed by atoms with Crippen molar-refractivity contribution in [2.24, 2.45) is 5.92 Å². The molecule has 180 valence electrons. The van der Waals surface area contributed by atoms with Crippen LogP contribution in [0.2, 0.25) is 0 Å². The van der Waals surface area contributed by atoms with E-state index in [4.69, 9.17) is 14.6 Å². The van der Waals surface area contributed by atoms with Crippen LogP contribution in [0.4, 0.5) is 4.79 Å². The number of nitrogens with zero attached hydrogens (tertiary/aromatic N) is 2. The van der Waals surface area contributed by atoms with Crippen molar-refractivity contribution >= 4 is 18.0 Å². The quantitative estimate of drug-likeness (QED) is 0.110. The molecule has 13 nitrogen and oxygen atoms in total. The van der Waals surface area contributed by atoms with E-state index in [2.05, 4.69) is 20.9 Å². The second kappa shape index (κ2) is 12.5. The Kier molecular flexibility index (Phi) is 10.4. The normalized spacial score (nSPS) is 12.1. The van der Waals surface area contributed by atoms with Crippen LogP contribution in [-0.4, -0.2) is 46.7 Å². The number of unbranched alkanes of at least 4 members (excludes halogenated alkanes) is 1. The highest BCUT2D eigenvalue weighted by atomic mass is 16.7. The number of amides is 2. The number of alkyl carbamates (subject to hydrolysis) is 1. The number of guanidine groups is 1. The fraction of sp³-hybridized carbons (Fsp3) is 0.684. The van der Waals surface area contributed by atoms with Gasteiger partial charge in [0, 0.05) is 13.1 Å². The fourth-order valence-corrected chi connectivity index (χ4v) is 2.58. The van der Waals surface area contributed by atoms with Crippen molar-refractivity contribution in [1.29, 1.82) is 5.41 Å². The second-order valence-electron chi connectivity index (χ2n) is 8.53. The average molecular weight is 456 g/mol. The molecule has 32 heavy (non-hydrogen) atoms. The summed E-state index contributed by atoms with van der Waals surface area (Å²) in [6.07, 6.45) is 2.37. The Labute approximate surface area is 186 Å². The lowest BCUT2D eigenvalue weighted by Crippen LogP contribution is -2.40. The van der Waals surface area contributed by atoms with Crippen LogP contribution in [0.3, 0.4) is 0 Å². The van der Waals surface area contributed by atoms with E-state index in [1.807, 2.05) is 13.8 Å². The molecule has 2 amide bonds. The third-order valence-corrected chi connectivity index (χ3v) is 3.84. The van der Waals surface area contributed by atoms with Gasteiger partial charge in [-0.15, -0.1) is 0 Å². The Balaban J connectivity index is 2.52. The summed E-state index contributed by atoms with van der Waals surface area (Å²) in [5.74, 6) is -0.369. The fourth-order valence-electron chi connectivity index (χ4n) is 2.58. The van der Waals surface area contributed by atoms with E-state index in [0.717, 1.165) is 0 Å². The van der Waals surface area contributed by atoms with Crippen molar-refractivity contribution in [3.63, 3.8) is 0 Å². The standard InChI is InChI=1S/C19H33N7O6/c1-12(2)10-13(24-18(28)32-19(3,4)5)16-23-14(11-31-16)15(27)21-8-6-7-9-22-17(20)25-26(29)30/h11-13H,6-10H2,1-5H3,(H,21,27)(H,24,28)(H3,20,22,25)/t13-/m0/s1. The van der Waals surface area contributed by atoms with Gasteiger partial charge in [-0.2, -0.15) is 0 Å². The zero-order valence-electron chi connectivity index (χ0n) is 19.1. The molecule has 0 radical (unpaired) electrons. The molecule has 0 spiro atoms. The molecule has 0 fully saturated rings. The monoisotopic (exact) mass is 455 g/mol. The number of ether oxygens (including phenoxy) is 1. The van der Waals surface area contributed by atoms with Crippen molar-refractivity contribution < 1.29 is 23.8 Å². The van der Waals surface area contributed by atoms with Gasteiger partial charge in [0.1, 0.15) is 17.9 Å². The van der Waals surface area contributed by atoms with Crippen molar-refractivity contribution in [2.45, 2.75) is 65.5 Å². The minimum atomic E-state index is -0.823. The molecular weight excluding hydrogens is 422 g/mol. The van der Waals surface area contributed by atoms with Crippen molar-refractivity contribution in [1.82, 2.24) is 26.4 Å². The molecule has 5 N–H and O–H groups in total. The molecule has 0 saturated carbocycles. The molecule has 13 heteroatoms. The highest BCUT2D eigenvalue weighted by Crippen LogP contribution is 2.22. The molecule has 0 saturated heterocycles. The number of hydrogen-bond donors (Lipinski definition) is 5. The maximum atomic E-state index is 12.3. The Morgan fingerprint density at radius 3 is 2.44 bits per heavy atom. The Hall–Kier alpha value is -3.38. The van der Waals surface area contributed by atoms with Crippen LogP contribution in [-0.2, 0) is 4.74 Å². The summed E-state index contributed by atoms with van der Waals surface area (Å²) in [6, 6.07) is -0.541. The zero-order chi connectivity index (χ0) is 24.3.